The average molecular weight is 401 g/mol. The molecule has 3 aromatic carbocycles. The number of hydrogen-bond donors (Lipinski definition) is 1. The van der Waals surface area contributed by atoms with Crippen LogP contribution < -0.4 is 16.6 Å². The van der Waals surface area contributed by atoms with E-state index in [1.807, 2.05) is 49.4 Å². The van der Waals surface area contributed by atoms with Crippen molar-refractivity contribution in [2.45, 2.75) is 33.0 Å². The van der Waals surface area contributed by atoms with Gasteiger partial charge in [0.15, 0.2) is 0 Å². The molecule has 6 nitrogen and oxygen atoms in total. The number of fused-ring (bicyclic) bond motifs is 2. The molecule has 1 N–H and O–H groups in total. The lowest BCUT2D eigenvalue weighted by atomic mass is 10.00. The molecule has 6 heteroatoms. The zero-order valence-electron chi connectivity index (χ0n) is 17.0. The highest BCUT2D eigenvalue weighted by atomic mass is 16.2. The van der Waals surface area contributed by atoms with Crippen LogP contribution in [-0.2, 0) is 17.9 Å². The van der Waals surface area contributed by atoms with Gasteiger partial charge < -0.3 is 5.32 Å². The van der Waals surface area contributed by atoms with Crippen LogP contribution in [0.5, 0.6) is 0 Å². The Morgan fingerprint density at radius 2 is 1.57 bits per heavy atom. The lowest BCUT2D eigenvalue weighted by molar-refractivity contribution is -0.122. The number of nitrogens with one attached hydrogen (secondary N) is 1. The number of nitrogens with zero attached hydrogens (tertiary/aromatic N) is 2. The first-order valence-electron chi connectivity index (χ1n) is 10.0. The number of rotatable bonds is 5. The van der Waals surface area contributed by atoms with Crippen LogP contribution in [0.25, 0.3) is 21.7 Å². The van der Waals surface area contributed by atoms with Crippen molar-refractivity contribution in [1.29, 1.82) is 0 Å². The van der Waals surface area contributed by atoms with Crippen LogP contribution in [0.1, 0.15) is 25.5 Å². The van der Waals surface area contributed by atoms with Gasteiger partial charge in [0.25, 0.3) is 5.56 Å². The predicted octanol–water partition coefficient (Wildman–Crippen LogP) is 3.21. The predicted molar refractivity (Wildman–Crippen MR) is 119 cm³/mol. The fraction of sp³-hybridized carbons (Fsp3) is 0.208. The topological polar surface area (TPSA) is 73.1 Å². The Kier molecular flexibility index (Phi) is 5.23. The van der Waals surface area contributed by atoms with E-state index in [0.717, 1.165) is 20.9 Å². The summed E-state index contributed by atoms with van der Waals surface area (Å²) < 4.78 is 2.52. The largest absolute Gasteiger partial charge is 0.348 e. The van der Waals surface area contributed by atoms with E-state index in [-0.39, 0.29) is 30.6 Å². The molecule has 0 aliphatic rings. The molecule has 152 valence electrons. The number of benzene rings is 3. The van der Waals surface area contributed by atoms with Crippen LogP contribution in [0.3, 0.4) is 0 Å². The average Bonchev–Trinajstić information content (AvgIpc) is 2.76. The molecule has 0 saturated carbocycles. The molecule has 0 aliphatic heterocycles. The van der Waals surface area contributed by atoms with Crippen LogP contribution in [0, 0.1) is 0 Å². The van der Waals surface area contributed by atoms with Crippen LogP contribution in [-0.4, -0.2) is 15.0 Å². The van der Waals surface area contributed by atoms with Gasteiger partial charge in [0.2, 0.25) is 5.91 Å². The second kappa shape index (κ2) is 7.99. The highest BCUT2D eigenvalue weighted by Gasteiger charge is 2.17. The Hall–Kier alpha value is -3.67. The minimum atomic E-state index is -0.478. The van der Waals surface area contributed by atoms with Crippen molar-refractivity contribution in [2.75, 3.05) is 0 Å². The summed E-state index contributed by atoms with van der Waals surface area (Å²) in [5, 5.41) is 5.60. The Balaban J connectivity index is 1.67. The molecule has 0 spiro atoms. The van der Waals surface area contributed by atoms with Crippen molar-refractivity contribution < 1.29 is 4.79 Å². The van der Waals surface area contributed by atoms with Crippen molar-refractivity contribution >= 4 is 27.6 Å². The van der Waals surface area contributed by atoms with Crippen molar-refractivity contribution in [3.05, 3.63) is 93.1 Å². The van der Waals surface area contributed by atoms with Gasteiger partial charge in [-0.3, -0.25) is 18.7 Å². The van der Waals surface area contributed by atoms with E-state index in [9.17, 15) is 14.4 Å². The maximum atomic E-state index is 12.9. The summed E-state index contributed by atoms with van der Waals surface area (Å²) in [4.78, 5) is 38.3. The lowest BCUT2D eigenvalue weighted by Gasteiger charge is -2.18. The van der Waals surface area contributed by atoms with E-state index in [1.165, 1.54) is 4.57 Å². The number of hydrogen-bond acceptors (Lipinski definition) is 3. The summed E-state index contributed by atoms with van der Waals surface area (Å²) in [6, 6.07) is 20.7. The molecule has 1 amide bonds. The summed E-state index contributed by atoms with van der Waals surface area (Å²) in [6.45, 7) is 3.75. The number of amides is 1. The normalized spacial score (nSPS) is 12.2. The van der Waals surface area contributed by atoms with Crippen LogP contribution in [0.4, 0.5) is 0 Å². The van der Waals surface area contributed by atoms with Gasteiger partial charge in [-0.05, 0) is 42.3 Å². The summed E-state index contributed by atoms with van der Waals surface area (Å²) in [5.74, 6) is -0.288. The van der Waals surface area contributed by atoms with Gasteiger partial charge in [0.1, 0.15) is 6.54 Å². The minimum absolute atomic E-state index is 0.158. The molecule has 0 fully saturated rings. The van der Waals surface area contributed by atoms with Crippen LogP contribution >= 0.6 is 0 Å². The first-order chi connectivity index (χ1) is 14.5. The van der Waals surface area contributed by atoms with Gasteiger partial charge in [-0.25, -0.2) is 4.79 Å². The zero-order chi connectivity index (χ0) is 21.3. The highest BCUT2D eigenvalue weighted by Crippen LogP contribution is 2.24. The Labute approximate surface area is 173 Å². The van der Waals surface area contributed by atoms with Gasteiger partial charge in [-0.15, -0.1) is 0 Å². The minimum Gasteiger partial charge on any atom is -0.348 e. The molecular formula is C24H23N3O3. The van der Waals surface area contributed by atoms with E-state index in [1.54, 1.807) is 31.2 Å². The highest BCUT2D eigenvalue weighted by molar-refractivity contribution is 5.87. The molecule has 1 heterocycles. The standard InChI is InChI=1S/C24H23N3O3/c1-3-26-23(29)20-12-6-7-14-21(20)27(24(26)30)15-22(28)25-16(2)18-13-8-10-17-9-4-5-11-19(17)18/h4-14,16H,3,15H2,1-2H3,(H,25,28)/t16-/m0/s1. The van der Waals surface area contributed by atoms with Gasteiger partial charge in [0, 0.05) is 6.54 Å². The van der Waals surface area contributed by atoms with Gasteiger partial charge in [-0.1, -0.05) is 54.6 Å². The van der Waals surface area contributed by atoms with Crippen LogP contribution in [0.15, 0.2) is 76.3 Å². The fourth-order valence-corrected chi connectivity index (χ4v) is 3.94. The first kappa shape index (κ1) is 19.6. The van der Waals surface area contributed by atoms with Crippen molar-refractivity contribution in [3.63, 3.8) is 0 Å². The quantitative estimate of drug-likeness (QED) is 0.558. The molecule has 30 heavy (non-hydrogen) atoms. The van der Waals surface area contributed by atoms with E-state index >= 15 is 0 Å². The van der Waals surface area contributed by atoms with E-state index in [4.69, 9.17) is 0 Å². The molecule has 4 aromatic rings. The van der Waals surface area contributed by atoms with E-state index in [0.29, 0.717) is 10.9 Å². The van der Waals surface area contributed by atoms with Gasteiger partial charge in [-0.2, -0.15) is 0 Å². The molecule has 0 aliphatic carbocycles. The molecule has 1 atom stereocenters. The first-order valence-corrected chi connectivity index (χ1v) is 10.0. The fourth-order valence-electron chi connectivity index (χ4n) is 3.94. The van der Waals surface area contributed by atoms with Crippen molar-refractivity contribution in [3.8, 4) is 0 Å². The van der Waals surface area contributed by atoms with E-state index in [2.05, 4.69) is 5.32 Å². The number of para-hydroxylation sites is 1. The van der Waals surface area contributed by atoms with E-state index < -0.39 is 5.69 Å². The number of aromatic nitrogens is 2. The second-order valence-electron chi connectivity index (χ2n) is 7.29. The Morgan fingerprint density at radius 1 is 0.900 bits per heavy atom. The summed E-state index contributed by atoms with van der Waals surface area (Å²) in [7, 11) is 0. The second-order valence-corrected chi connectivity index (χ2v) is 7.29. The molecule has 0 bridgehead atoms. The molecule has 0 saturated heterocycles. The molecule has 0 unspecified atom stereocenters. The SMILES string of the molecule is CCn1c(=O)c2ccccc2n(CC(=O)N[C@@H](C)c2cccc3ccccc23)c1=O. The Bertz CT molecular complexity index is 1360. The third-order valence-corrected chi connectivity index (χ3v) is 5.42. The molecule has 4 rings (SSSR count). The third kappa shape index (κ3) is 3.41. The Morgan fingerprint density at radius 3 is 2.33 bits per heavy atom. The number of carbonyl (C=O) groups excluding carboxylic acids is 1. The van der Waals surface area contributed by atoms with Gasteiger partial charge in [0.05, 0.1) is 16.9 Å². The summed E-state index contributed by atoms with van der Waals surface area (Å²) in [5.41, 5.74) is 0.662. The molecular weight excluding hydrogens is 378 g/mol. The molecule has 1 aromatic heterocycles. The monoisotopic (exact) mass is 401 g/mol. The van der Waals surface area contributed by atoms with Crippen LogP contribution in [0.2, 0.25) is 0 Å². The number of carbonyl (C=O) groups is 1. The smallest absolute Gasteiger partial charge is 0.331 e. The zero-order valence-corrected chi connectivity index (χ0v) is 17.0. The van der Waals surface area contributed by atoms with Gasteiger partial charge >= 0.3 is 5.69 Å². The maximum absolute atomic E-state index is 12.9. The van der Waals surface area contributed by atoms with Crippen molar-refractivity contribution in [2.24, 2.45) is 0 Å². The summed E-state index contributed by atoms with van der Waals surface area (Å²) in [6.07, 6.45) is 0. The lowest BCUT2D eigenvalue weighted by Crippen LogP contribution is -2.42. The molecule has 0 radical (unpaired) electrons. The maximum Gasteiger partial charge on any atom is 0.331 e. The van der Waals surface area contributed by atoms with Crippen molar-refractivity contribution in [1.82, 2.24) is 14.5 Å². The summed E-state index contributed by atoms with van der Waals surface area (Å²) >= 11 is 0. The third-order valence-electron chi connectivity index (χ3n) is 5.42.